The van der Waals surface area contributed by atoms with Gasteiger partial charge in [-0.15, -0.1) is 0 Å². The average Bonchev–Trinajstić information content (AvgIpc) is 2.27. The summed E-state index contributed by atoms with van der Waals surface area (Å²) in [5, 5.41) is 2.43. The Morgan fingerprint density at radius 1 is 1.29 bits per heavy atom. The molecular formula is C11H13F3N2O. The van der Waals surface area contributed by atoms with E-state index in [-0.39, 0.29) is 12.6 Å². The number of benzene rings is 1. The van der Waals surface area contributed by atoms with Crippen LogP contribution in [0, 0.1) is 0 Å². The molecule has 1 aromatic rings. The lowest BCUT2D eigenvalue weighted by molar-refractivity contribution is -0.137. The molecule has 0 unspecified atom stereocenters. The lowest BCUT2D eigenvalue weighted by Gasteiger charge is -2.16. The minimum Gasteiger partial charge on any atom is -0.341 e. The number of rotatable bonds is 2. The maximum Gasteiger partial charge on any atom is 0.416 e. The van der Waals surface area contributed by atoms with Gasteiger partial charge < -0.3 is 10.2 Å². The Labute approximate surface area is 97.2 Å². The molecule has 17 heavy (non-hydrogen) atoms. The minimum absolute atomic E-state index is 0.262. The van der Waals surface area contributed by atoms with Crippen molar-refractivity contribution in [3.8, 4) is 0 Å². The number of halogens is 3. The van der Waals surface area contributed by atoms with Crippen molar-refractivity contribution >= 4 is 6.03 Å². The number of hydrogen-bond acceptors (Lipinski definition) is 1. The van der Waals surface area contributed by atoms with E-state index in [4.69, 9.17) is 0 Å². The van der Waals surface area contributed by atoms with Gasteiger partial charge in [0.15, 0.2) is 0 Å². The van der Waals surface area contributed by atoms with Crippen molar-refractivity contribution in [2.75, 3.05) is 14.1 Å². The number of nitrogens with zero attached hydrogens (tertiary/aromatic N) is 1. The number of carbonyl (C=O) groups excluding carboxylic acids is 1. The van der Waals surface area contributed by atoms with E-state index in [9.17, 15) is 18.0 Å². The fourth-order valence-corrected chi connectivity index (χ4v) is 1.34. The Balaban J connectivity index is 2.72. The lowest BCUT2D eigenvalue weighted by Crippen LogP contribution is -2.34. The molecule has 1 rings (SSSR count). The van der Waals surface area contributed by atoms with Gasteiger partial charge in [0.25, 0.3) is 0 Å². The lowest BCUT2D eigenvalue weighted by atomic mass is 10.1. The molecule has 0 aliphatic rings. The van der Waals surface area contributed by atoms with Crippen molar-refractivity contribution in [3.63, 3.8) is 0 Å². The predicted octanol–water partition coefficient (Wildman–Crippen LogP) is 2.48. The summed E-state index contributed by atoms with van der Waals surface area (Å²) in [5.41, 5.74) is -0.0482. The summed E-state index contributed by atoms with van der Waals surface area (Å²) in [6, 6.07) is 4.45. The van der Waals surface area contributed by atoms with Gasteiger partial charge in [0.2, 0.25) is 0 Å². The smallest absolute Gasteiger partial charge is 0.341 e. The van der Waals surface area contributed by atoms with Gasteiger partial charge >= 0.3 is 12.2 Å². The van der Waals surface area contributed by atoms with Crippen LogP contribution in [-0.4, -0.2) is 25.0 Å². The third-order valence-electron chi connectivity index (χ3n) is 2.26. The van der Waals surface area contributed by atoms with Crippen LogP contribution in [0.5, 0.6) is 0 Å². The number of nitrogens with one attached hydrogen (secondary N) is 1. The Morgan fingerprint density at radius 3 is 2.24 bits per heavy atom. The summed E-state index contributed by atoms with van der Waals surface area (Å²) in [6.07, 6.45) is -4.33. The van der Waals surface area contributed by atoms with Crippen LogP contribution in [0.4, 0.5) is 18.0 Å². The monoisotopic (exact) mass is 246 g/mol. The minimum atomic E-state index is -4.33. The van der Waals surface area contributed by atoms with Gasteiger partial charge in [-0.3, -0.25) is 0 Å². The zero-order valence-corrected chi connectivity index (χ0v) is 9.51. The highest BCUT2D eigenvalue weighted by Crippen LogP contribution is 2.29. The molecule has 0 aliphatic heterocycles. The molecule has 0 bridgehead atoms. The Kier molecular flexibility index (Phi) is 3.98. The highest BCUT2D eigenvalue weighted by Gasteiger charge is 2.29. The first-order chi connectivity index (χ1) is 7.84. The summed E-state index contributed by atoms with van der Waals surface area (Å²) in [4.78, 5) is 12.6. The average molecular weight is 246 g/mol. The first-order valence-electron chi connectivity index (χ1n) is 4.93. The molecule has 0 fully saturated rings. The van der Waals surface area contributed by atoms with Crippen molar-refractivity contribution in [2.45, 2.75) is 12.7 Å². The van der Waals surface area contributed by atoms with Crippen molar-refractivity contribution in [1.82, 2.24) is 10.2 Å². The van der Waals surface area contributed by atoms with Crippen molar-refractivity contribution in [1.29, 1.82) is 0 Å². The Morgan fingerprint density at radius 2 is 1.82 bits per heavy atom. The third-order valence-corrected chi connectivity index (χ3v) is 2.26. The van der Waals surface area contributed by atoms with E-state index < -0.39 is 11.7 Å². The second-order valence-corrected chi connectivity index (χ2v) is 3.61. The van der Waals surface area contributed by atoms with E-state index in [2.05, 4.69) is 5.32 Å². The molecule has 3 nitrogen and oxygen atoms in total. The zero-order valence-electron chi connectivity index (χ0n) is 9.51. The van der Waals surface area contributed by atoms with E-state index in [1.54, 1.807) is 7.05 Å². The fourth-order valence-electron chi connectivity index (χ4n) is 1.34. The van der Waals surface area contributed by atoms with Gasteiger partial charge in [0.1, 0.15) is 0 Å². The summed E-state index contributed by atoms with van der Waals surface area (Å²) in [5.74, 6) is 0. The molecule has 0 atom stereocenters. The van der Waals surface area contributed by atoms with Crippen LogP contribution in [0.3, 0.4) is 0 Å². The molecule has 2 amide bonds. The van der Waals surface area contributed by atoms with Crippen LogP contribution >= 0.6 is 0 Å². The second kappa shape index (κ2) is 5.07. The maximum absolute atomic E-state index is 12.3. The van der Waals surface area contributed by atoms with E-state index >= 15 is 0 Å². The number of hydrogen-bond donors (Lipinski definition) is 1. The molecule has 1 aromatic carbocycles. The standard InChI is InChI=1S/C11H13F3N2O/c1-15-10(17)16(2)7-8-3-5-9(6-4-8)11(12,13)14/h3-6H,7H2,1-2H3,(H,15,17). The quantitative estimate of drug-likeness (QED) is 0.854. The molecule has 0 saturated carbocycles. The first kappa shape index (κ1) is 13.3. The fraction of sp³-hybridized carbons (Fsp3) is 0.364. The molecule has 6 heteroatoms. The van der Waals surface area contributed by atoms with E-state index in [0.717, 1.165) is 12.1 Å². The van der Waals surface area contributed by atoms with E-state index in [1.807, 2.05) is 0 Å². The summed E-state index contributed by atoms with van der Waals surface area (Å²) in [6.45, 7) is 0.262. The SMILES string of the molecule is CNC(=O)N(C)Cc1ccc(C(F)(F)F)cc1. The van der Waals surface area contributed by atoms with Gasteiger partial charge in [-0.2, -0.15) is 13.2 Å². The van der Waals surface area contributed by atoms with Crippen molar-refractivity contribution < 1.29 is 18.0 Å². The number of amides is 2. The van der Waals surface area contributed by atoms with Crippen molar-refractivity contribution in [2.24, 2.45) is 0 Å². The predicted molar refractivity (Wildman–Crippen MR) is 57.4 cm³/mol. The Bertz CT molecular complexity index is 387. The normalized spacial score (nSPS) is 11.1. The van der Waals surface area contributed by atoms with Crippen molar-refractivity contribution in [3.05, 3.63) is 35.4 Å². The third kappa shape index (κ3) is 3.65. The number of alkyl halides is 3. The van der Waals surface area contributed by atoms with Crippen LogP contribution in [0.15, 0.2) is 24.3 Å². The molecule has 0 heterocycles. The largest absolute Gasteiger partial charge is 0.416 e. The van der Waals surface area contributed by atoms with E-state index in [1.165, 1.54) is 24.1 Å². The van der Waals surface area contributed by atoms with Gasteiger partial charge in [0, 0.05) is 20.6 Å². The van der Waals surface area contributed by atoms with Crippen LogP contribution in [0.1, 0.15) is 11.1 Å². The van der Waals surface area contributed by atoms with Gasteiger partial charge in [-0.05, 0) is 17.7 Å². The first-order valence-corrected chi connectivity index (χ1v) is 4.93. The van der Waals surface area contributed by atoms with Crippen LogP contribution < -0.4 is 5.32 Å². The summed E-state index contributed by atoms with van der Waals surface area (Å²) in [7, 11) is 3.06. The highest BCUT2D eigenvalue weighted by atomic mass is 19.4. The molecule has 94 valence electrons. The molecule has 0 saturated heterocycles. The number of carbonyl (C=O) groups is 1. The highest BCUT2D eigenvalue weighted by molar-refractivity contribution is 5.73. The van der Waals surface area contributed by atoms with E-state index in [0.29, 0.717) is 5.56 Å². The molecule has 0 aliphatic carbocycles. The summed E-state index contributed by atoms with van der Waals surface area (Å²) < 4.78 is 36.9. The Hall–Kier alpha value is -1.72. The zero-order chi connectivity index (χ0) is 13.1. The molecular weight excluding hydrogens is 233 g/mol. The van der Waals surface area contributed by atoms with Gasteiger partial charge in [-0.1, -0.05) is 12.1 Å². The molecule has 0 radical (unpaired) electrons. The molecule has 0 spiro atoms. The maximum atomic E-state index is 12.3. The molecule has 1 N–H and O–H groups in total. The summed E-state index contributed by atoms with van der Waals surface area (Å²) >= 11 is 0. The van der Waals surface area contributed by atoms with Crippen LogP contribution in [0.25, 0.3) is 0 Å². The number of urea groups is 1. The topological polar surface area (TPSA) is 32.3 Å². The molecule has 0 aromatic heterocycles. The van der Waals surface area contributed by atoms with Crippen LogP contribution in [-0.2, 0) is 12.7 Å². The van der Waals surface area contributed by atoms with Gasteiger partial charge in [-0.25, -0.2) is 4.79 Å². The van der Waals surface area contributed by atoms with Crippen LogP contribution in [0.2, 0.25) is 0 Å². The second-order valence-electron chi connectivity index (χ2n) is 3.61. The van der Waals surface area contributed by atoms with Gasteiger partial charge in [0.05, 0.1) is 5.56 Å².